The third-order valence-electron chi connectivity index (χ3n) is 8.52. The van der Waals surface area contributed by atoms with E-state index in [1.807, 2.05) is 6.92 Å². The van der Waals surface area contributed by atoms with Gasteiger partial charge in [-0.2, -0.15) is 0 Å². The van der Waals surface area contributed by atoms with Gasteiger partial charge in [-0.1, -0.05) is 102 Å². The van der Waals surface area contributed by atoms with E-state index in [4.69, 9.17) is 9.47 Å². The zero-order chi connectivity index (χ0) is 29.2. The van der Waals surface area contributed by atoms with Gasteiger partial charge < -0.3 is 9.47 Å². The number of carbonyl (C=O) groups is 2. The van der Waals surface area contributed by atoms with Gasteiger partial charge in [0.15, 0.2) is 0 Å². The lowest BCUT2D eigenvalue weighted by Gasteiger charge is -2.33. The van der Waals surface area contributed by atoms with E-state index in [0.717, 1.165) is 18.4 Å². The number of rotatable bonds is 15. The van der Waals surface area contributed by atoms with Crippen molar-refractivity contribution in [1.82, 2.24) is 0 Å². The molecule has 0 spiro atoms. The molecule has 3 aromatic rings. The fourth-order valence-corrected chi connectivity index (χ4v) is 6.51. The van der Waals surface area contributed by atoms with Gasteiger partial charge in [-0.05, 0) is 84.3 Å². The number of hydrogen-bond donors (Lipinski definition) is 0. The predicted octanol–water partition coefficient (Wildman–Crippen LogP) is 9.91. The van der Waals surface area contributed by atoms with Gasteiger partial charge >= 0.3 is 11.9 Å². The van der Waals surface area contributed by atoms with Gasteiger partial charge in [-0.3, -0.25) is 0 Å². The SMILES string of the molecule is CCCCCCC1(CCCCCC)c2ccccc2-c2ccc(-c3cc(C(=O)OCC)ccc3C(=O)OCC)cc21. The third-order valence-corrected chi connectivity index (χ3v) is 8.52. The Labute approximate surface area is 246 Å². The van der Waals surface area contributed by atoms with Gasteiger partial charge in [0.05, 0.1) is 24.3 Å². The minimum absolute atomic E-state index is 0.0632. The van der Waals surface area contributed by atoms with E-state index >= 15 is 0 Å². The molecule has 0 bridgehead atoms. The van der Waals surface area contributed by atoms with Crippen LogP contribution in [0.25, 0.3) is 22.3 Å². The fraction of sp³-hybridized carbons (Fsp3) is 0.459. The first-order chi connectivity index (χ1) is 20.0. The molecule has 0 aromatic heterocycles. The Morgan fingerprint density at radius 1 is 0.610 bits per heavy atom. The lowest BCUT2D eigenvalue weighted by atomic mass is 9.70. The van der Waals surface area contributed by atoms with Crippen molar-refractivity contribution < 1.29 is 19.1 Å². The van der Waals surface area contributed by atoms with Crippen molar-refractivity contribution in [3.63, 3.8) is 0 Å². The number of benzene rings is 3. The summed E-state index contributed by atoms with van der Waals surface area (Å²) in [5.41, 5.74) is 7.87. The molecule has 0 saturated heterocycles. The van der Waals surface area contributed by atoms with Crippen LogP contribution < -0.4 is 0 Å². The van der Waals surface area contributed by atoms with E-state index in [1.165, 1.54) is 73.6 Å². The van der Waals surface area contributed by atoms with Crippen molar-refractivity contribution in [2.75, 3.05) is 13.2 Å². The maximum absolute atomic E-state index is 13.1. The van der Waals surface area contributed by atoms with Crippen molar-refractivity contribution >= 4 is 11.9 Å². The molecular formula is C37H46O4. The van der Waals surface area contributed by atoms with Gasteiger partial charge in [0, 0.05) is 5.41 Å². The molecule has 1 aliphatic rings. The van der Waals surface area contributed by atoms with Gasteiger partial charge in [-0.15, -0.1) is 0 Å². The van der Waals surface area contributed by atoms with Crippen LogP contribution in [-0.4, -0.2) is 25.2 Å². The molecule has 4 rings (SSSR count). The molecule has 0 N–H and O–H groups in total. The lowest BCUT2D eigenvalue weighted by Crippen LogP contribution is -2.25. The predicted molar refractivity (Wildman–Crippen MR) is 168 cm³/mol. The molecule has 0 amide bonds. The summed E-state index contributed by atoms with van der Waals surface area (Å²) in [6, 6.07) is 20.7. The number of carbonyl (C=O) groups excluding carboxylic acids is 2. The molecule has 0 aliphatic heterocycles. The first-order valence-corrected chi connectivity index (χ1v) is 15.7. The minimum Gasteiger partial charge on any atom is -0.462 e. The summed E-state index contributed by atoms with van der Waals surface area (Å²) in [7, 11) is 0. The maximum atomic E-state index is 13.1. The standard InChI is InChI=1S/C37H46O4/c1-5-9-11-15-23-37(24-16-12-10-6-2)33-18-14-13-17-29(33)30-21-19-27(26-34(30)37)32-25-28(35(38)40-7-3)20-22-31(32)36(39)41-8-4/h13-14,17-22,25-26H,5-12,15-16,23-24H2,1-4H3. The molecule has 0 fully saturated rings. The molecule has 0 unspecified atom stereocenters. The topological polar surface area (TPSA) is 52.6 Å². The fourth-order valence-electron chi connectivity index (χ4n) is 6.51. The smallest absolute Gasteiger partial charge is 0.338 e. The summed E-state index contributed by atoms with van der Waals surface area (Å²) in [5.74, 6) is -0.772. The monoisotopic (exact) mass is 554 g/mol. The van der Waals surface area contributed by atoms with E-state index in [2.05, 4.69) is 56.3 Å². The highest BCUT2D eigenvalue weighted by Gasteiger charge is 2.42. The summed E-state index contributed by atoms with van der Waals surface area (Å²) in [4.78, 5) is 25.7. The molecule has 3 aromatic carbocycles. The molecule has 4 heteroatoms. The zero-order valence-electron chi connectivity index (χ0n) is 25.4. The second kappa shape index (κ2) is 14.5. The Morgan fingerprint density at radius 2 is 1.24 bits per heavy atom. The largest absolute Gasteiger partial charge is 0.462 e. The van der Waals surface area contributed by atoms with Crippen LogP contribution >= 0.6 is 0 Å². The lowest BCUT2D eigenvalue weighted by molar-refractivity contribution is 0.0512. The average Bonchev–Trinajstić information content (AvgIpc) is 3.26. The molecular weight excluding hydrogens is 508 g/mol. The van der Waals surface area contributed by atoms with E-state index < -0.39 is 0 Å². The van der Waals surface area contributed by atoms with Crippen LogP contribution in [0, 0.1) is 0 Å². The van der Waals surface area contributed by atoms with Crippen molar-refractivity contribution in [3.8, 4) is 22.3 Å². The van der Waals surface area contributed by atoms with Crippen LogP contribution in [0.5, 0.6) is 0 Å². The van der Waals surface area contributed by atoms with Crippen LogP contribution in [0.15, 0.2) is 60.7 Å². The molecule has 0 radical (unpaired) electrons. The van der Waals surface area contributed by atoms with Gasteiger partial charge in [-0.25, -0.2) is 9.59 Å². The summed E-state index contributed by atoms with van der Waals surface area (Å²) in [6.45, 7) is 8.71. The highest BCUT2D eigenvalue weighted by atomic mass is 16.5. The number of ether oxygens (including phenoxy) is 2. The Kier molecular flexibility index (Phi) is 10.8. The second-order valence-electron chi connectivity index (χ2n) is 11.2. The van der Waals surface area contributed by atoms with Crippen molar-refractivity contribution in [2.24, 2.45) is 0 Å². The van der Waals surface area contributed by atoms with Crippen LogP contribution in [0.2, 0.25) is 0 Å². The summed E-state index contributed by atoms with van der Waals surface area (Å²) >= 11 is 0. The van der Waals surface area contributed by atoms with Crippen molar-refractivity contribution in [1.29, 1.82) is 0 Å². The third kappa shape index (κ3) is 6.58. The molecule has 4 nitrogen and oxygen atoms in total. The quantitative estimate of drug-likeness (QED) is 0.139. The molecule has 1 aliphatic carbocycles. The number of esters is 2. The van der Waals surface area contributed by atoms with E-state index in [9.17, 15) is 9.59 Å². The highest BCUT2D eigenvalue weighted by molar-refractivity contribution is 6.01. The molecule has 0 heterocycles. The Bertz CT molecular complexity index is 1330. The first-order valence-electron chi connectivity index (χ1n) is 15.7. The zero-order valence-corrected chi connectivity index (χ0v) is 25.4. The van der Waals surface area contributed by atoms with Crippen LogP contribution in [0.3, 0.4) is 0 Å². The molecule has 0 atom stereocenters. The van der Waals surface area contributed by atoms with Gasteiger partial charge in [0.2, 0.25) is 0 Å². The average molecular weight is 555 g/mol. The molecule has 218 valence electrons. The van der Waals surface area contributed by atoms with Crippen LogP contribution in [0.1, 0.15) is 124 Å². The number of hydrogen-bond acceptors (Lipinski definition) is 4. The molecule has 0 saturated carbocycles. The second-order valence-corrected chi connectivity index (χ2v) is 11.2. The highest BCUT2D eigenvalue weighted by Crippen LogP contribution is 2.55. The van der Waals surface area contributed by atoms with Crippen molar-refractivity contribution in [2.45, 2.75) is 97.3 Å². The van der Waals surface area contributed by atoms with Gasteiger partial charge in [0.1, 0.15) is 0 Å². The summed E-state index contributed by atoms with van der Waals surface area (Å²) < 4.78 is 10.7. The van der Waals surface area contributed by atoms with E-state index in [1.54, 1.807) is 25.1 Å². The summed E-state index contributed by atoms with van der Waals surface area (Å²) in [5, 5.41) is 0. The summed E-state index contributed by atoms with van der Waals surface area (Å²) in [6.07, 6.45) is 12.0. The normalized spacial score (nSPS) is 13.0. The van der Waals surface area contributed by atoms with Crippen LogP contribution in [-0.2, 0) is 14.9 Å². The van der Waals surface area contributed by atoms with Gasteiger partial charge in [0.25, 0.3) is 0 Å². The first kappa shape index (κ1) is 30.6. The molecule has 41 heavy (non-hydrogen) atoms. The van der Waals surface area contributed by atoms with Crippen molar-refractivity contribution in [3.05, 3.63) is 82.9 Å². The Hall–Kier alpha value is -3.40. The van der Waals surface area contributed by atoms with E-state index in [0.29, 0.717) is 23.3 Å². The Balaban J connectivity index is 1.87. The maximum Gasteiger partial charge on any atom is 0.338 e. The van der Waals surface area contributed by atoms with E-state index in [-0.39, 0.29) is 24.0 Å². The van der Waals surface area contributed by atoms with Crippen LogP contribution in [0.4, 0.5) is 0 Å². The Morgan fingerprint density at radius 3 is 1.90 bits per heavy atom. The number of fused-ring (bicyclic) bond motifs is 3. The number of unbranched alkanes of at least 4 members (excludes halogenated alkanes) is 6. The minimum atomic E-state index is -0.390.